The molecule has 0 amide bonds. The van der Waals surface area contributed by atoms with Crippen molar-refractivity contribution in [1.29, 1.82) is 0 Å². The first-order chi connectivity index (χ1) is 6.59. The Balaban J connectivity index is 1.91. The van der Waals surface area contributed by atoms with Gasteiger partial charge in [-0.1, -0.05) is 0 Å². The minimum Gasteiger partial charge on any atom is -0.368 e. The number of rotatable bonds is 3. The zero-order valence-electron chi connectivity index (χ0n) is 8.45. The molecule has 1 aromatic heterocycles. The van der Waals surface area contributed by atoms with Crippen LogP contribution in [-0.4, -0.2) is 33.5 Å². The highest BCUT2D eigenvalue weighted by Crippen LogP contribution is 2.16. The standard InChI is InChI=1S/C8H15N5O/c1-8(4-10-5-8)14-3-6-11-7(9)13(2)12-6/h10H,3-5H2,1-2H3,(H2,9,11,12). The fourth-order valence-corrected chi connectivity index (χ4v) is 1.33. The molecule has 0 aromatic carbocycles. The number of hydrogen-bond acceptors (Lipinski definition) is 5. The number of ether oxygens (including phenoxy) is 1. The summed E-state index contributed by atoms with van der Waals surface area (Å²) in [6, 6.07) is 0. The largest absolute Gasteiger partial charge is 0.368 e. The first-order valence-corrected chi connectivity index (χ1v) is 4.59. The molecule has 0 radical (unpaired) electrons. The monoisotopic (exact) mass is 197 g/mol. The van der Waals surface area contributed by atoms with Crippen LogP contribution < -0.4 is 11.1 Å². The molecule has 0 saturated carbocycles. The van der Waals surface area contributed by atoms with Crippen molar-refractivity contribution in [3.8, 4) is 0 Å². The zero-order chi connectivity index (χ0) is 10.2. The van der Waals surface area contributed by atoms with Gasteiger partial charge < -0.3 is 15.8 Å². The molecule has 0 aliphatic carbocycles. The number of anilines is 1. The van der Waals surface area contributed by atoms with E-state index in [0.717, 1.165) is 13.1 Å². The second kappa shape index (κ2) is 3.21. The van der Waals surface area contributed by atoms with Crippen LogP contribution in [0.1, 0.15) is 12.7 Å². The molecule has 2 rings (SSSR count). The molecule has 2 heterocycles. The smallest absolute Gasteiger partial charge is 0.218 e. The lowest BCUT2D eigenvalue weighted by Crippen LogP contribution is -2.58. The number of hydrogen-bond donors (Lipinski definition) is 2. The second-order valence-electron chi connectivity index (χ2n) is 3.85. The lowest BCUT2D eigenvalue weighted by molar-refractivity contribution is -0.0789. The molecular weight excluding hydrogens is 182 g/mol. The van der Waals surface area contributed by atoms with E-state index in [1.165, 1.54) is 0 Å². The van der Waals surface area contributed by atoms with Crippen molar-refractivity contribution in [2.75, 3.05) is 18.8 Å². The van der Waals surface area contributed by atoms with Gasteiger partial charge in [0.2, 0.25) is 5.95 Å². The number of nitrogens with two attached hydrogens (primary N) is 1. The molecule has 14 heavy (non-hydrogen) atoms. The van der Waals surface area contributed by atoms with Gasteiger partial charge in [-0.25, -0.2) is 4.68 Å². The van der Waals surface area contributed by atoms with Crippen LogP contribution in [-0.2, 0) is 18.4 Å². The third kappa shape index (κ3) is 1.71. The summed E-state index contributed by atoms with van der Waals surface area (Å²) in [6.07, 6.45) is 0. The Morgan fingerprint density at radius 2 is 2.36 bits per heavy atom. The van der Waals surface area contributed by atoms with E-state index in [1.54, 1.807) is 11.7 Å². The lowest BCUT2D eigenvalue weighted by atomic mass is 10.0. The average Bonchev–Trinajstić information content (AvgIpc) is 2.40. The van der Waals surface area contributed by atoms with E-state index in [9.17, 15) is 0 Å². The fraction of sp³-hybridized carbons (Fsp3) is 0.750. The van der Waals surface area contributed by atoms with E-state index in [-0.39, 0.29) is 5.60 Å². The first-order valence-electron chi connectivity index (χ1n) is 4.59. The maximum absolute atomic E-state index is 5.66. The molecule has 78 valence electrons. The summed E-state index contributed by atoms with van der Waals surface area (Å²) in [6.45, 7) is 4.25. The van der Waals surface area contributed by atoms with Crippen molar-refractivity contribution in [1.82, 2.24) is 20.1 Å². The summed E-state index contributed by atoms with van der Waals surface area (Å²) in [5.41, 5.74) is 5.49. The van der Waals surface area contributed by atoms with E-state index in [4.69, 9.17) is 10.5 Å². The fourth-order valence-electron chi connectivity index (χ4n) is 1.33. The maximum Gasteiger partial charge on any atom is 0.218 e. The van der Waals surface area contributed by atoms with Crippen LogP contribution in [0.5, 0.6) is 0 Å². The topological polar surface area (TPSA) is 78.0 Å². The van der Waals surface area contributed by atoms with Crippen LogP contribution in [0.15, 0.2) is 0 Å². The number of aryl methyl sites for hydroxylation is 1. The number of aromatic nitrogens is 3. The molecule has 1 aliphatic rings. The van der Waals surface area contributed by atoms with Crippen LogP contribution >= 0.6 is 0 Å². The van der Waals surface area contributed by atoms with E-state index >= 15 is 0 Å². The molecule has 1 fully saturated rings. The highest BCUT2D eigenvalue weighted by atomic mass is 16.5. The second-order valence-corrected chi connectivity index (χ2v) is 3.85. The summed E-state index contributed by atoms with van der Waals surface area (Å²) >= 11 is 0. The Labute approximate surface area is 82.4 Å². The van der Waals surface area contributed by atoms with Gasteiger partial charge >= 0.3 is 0 Å². The Kier molecular flexibility index (Phi) is 2.16. The van der Waals surface area contributed by atoms with Crippen molar-refractivity contribution in [3.63, 3.8) is 0 Å². The maximum atomic E-state index is 5.66. The summed E-state index contributed by atoms with van der Waals surface area (Å²) in [7, 11) is 1.76. The minimum atomic E-state index is -0.0615. The van der Waals surface area contributed by atoms with Gasteiger partial charge in [-0.15, -0.1) is 0 Å². The summed E-state index contributed by atoms with van der Waals surface area (Å²) in [5.74, 6) is 1.05. The summed E-state index contributed by atoms with van der Waals surface area (Å²) in [5, 5.41) is 7.27. The molecule has 0 unspecified atom stereocenters. The number of nitrogen functional groups attached to an aromatic ring is 1. The van der Waals surface area contributed by atoms with Crippen molar-refractivity contribution in [3.05, 3.63) is 5.82 Å². The van der Waals surface area contributed by atoms with Gasteiger partial charge in [0.05, 0.1) is 5.60 Å². The Hall–Kier alpha value is -1.14. The van der Waals surface area contributed by atoms with Gasteiger partial charge in [-0.05, 0) is 6.92 Å². The van der Waals surface area contributed by atoms with Gasteiger partial charge in [-0.2, -0.15) is 10.1 Å². The van der Waals surface area contributed by atoms with Crippen molar-refractivity contribution in [2.45, 2.75) is 19.1 Å². The number of nitrogens with one attached hydrogen (secondary N) is 1. The van der Waals surface area contributed by atoms with Gasteiger partial charge in [0.1, 0.15) is 6.61 Å². The van der Waals surface area contributed by atoms with Crippen LogP contribution in [0.25, 0.3) is 0 Å². The van der Waals surface area contributed by atoms with Gasteiger partial charge in [0.25, 0.3) is 0 Å². The van der Waals surface area contributed by atoms with Gasteiger partial charge in [0.15, 0.2) is 5.82 Å². The Morgan fingerprint density at radius 3 is 2.79 bits per heavy atom. The molecule has 1 saturated heterocycles. The molecule has 0 spiro atoms. The average molecular weight is 197 g/mol. The molecule has 1 aromatic rings. The SMILES string of the molecule is Cn1nc(COC2(C)CNC2)nc1N. The van der Waals surface area contributed by atoms with Gasteiger partial charge in [0, 0.05) is 20.1 Å². The normalized spacial score (nSPS) is 19.3. The Morgan fingerprint density at radius 1 is 1.64 bits per heavy atom. The number of nitrogens with zero attached hydrogens (tertiary/aromatic N) is 3. The third-order valence-electron chi connectivity index (χ3n) is 2.39. The lowest BCUT2D eigenvalue weighted by Gasteiger charge is -2.38. The highest BCUT2D eigenvalue weighted by Gasteiger charge is 2.32. The van der Waals surface area contributed by atoms with Crippen LogP contribution in [0.4, 0.5) is 5.95 Å². The minimum absolute atomic E-state index is 0.0615. The van der Waals surface area contributed by atoms with Crippen LogP contribution in [0, 0.1) is 0 Å². The van der Waals surface area contributed by atoms with Crippen molar-refractivity contribution < 1.29 is 4.74 Å². The van der Waals surface area contributed by atoms with E-state index in [1.807, 2.05) is 0 Å². The predicted molar refractivity (Wildman–Crippen MR) is 51.5 cm³/mol. The van der Waals surface area contributed by atoms with Crippen molar-refractivity contribution in [2.24, 2.45) is 7.05 Å². The predicted octanol–water partition coefficient (Wildman–Crippen LogP) is -0.724. The van der Waals surface area contributed by atoms with E-state index in [2.05, 4.69) is 22.3 Å². The quantitative estimate of drug-likeness (QED) is 0.668. The molecule has 0 atom stereocenters. The van der Waals surface area contributed by atoms with Crippen LogP contribution in [0.2, 0.25) is 0 Å². The van der Waals surface area contributed by atoms with Gasteiger partial charge in [-0.3, -0.25) is 0 Å². The van der Waals surface area contributed by atoms with Crippen molar-refractivity contribution >= 4 is 5.95 Å². The highest BCUT2D eigenvalue weighted by molar-refractivity contribution is 5.14. The summed E-state index contributed by atoms with van der Waals surface area (Å²) in [4.78, 5) is 4.06. The van der Waals surface area contributed by atoms with E-state index in [0.29, 0.717) is 18.4 Å². The molecular formula is C8H15N5O. The van der Waals surface area contributed by atoms with E-state index < -0.39 is 0 Å². The molecule has 3 N–H and O–H groups in total. The Bertz CT molecular complexity index is 311. The molecule has 6 heteroatoms. The first kappa shape index (κ1) is 9.42. The molecule has 6 nitrogen and oxygen atoms in total. The molecule has 1 aliphatic heterocycles. The molecule has 0 bridgehead atoms. The van der Waals surface area contributed by atoms with Crippen LogP contribution in [0.3, 0.4) is 0 Å². The third-order valence-corrected chi connectivity index (χ3v) is 2.39. The summed E-state index contributed by atoms with van der Waals surface area (Å²) < 4.78 is 7.21. The zero-order valence-corrected chi connectivity index (χ0v) is 8.45.